The van der Waals surface area contributed by atoms with E-state index in [4.69, 9.17) is 10.6 Å². The van der Waals surface area contributed by atoms with E-state index in [0.717, 1.165) is 32.1 Å². The molecule has 0 aliphatic heterocycles. The number of nitrogens with two attached hydrogens (primary N) is 1. The Morgan fingerprint density at radius 2 is 2.12 bits per heavy atom. The monoisotopic (exact) mass is 240 g/mol. The number of rotatable bonds is 3. The van der Waals surface area contributed by atoms with Crippen LogP contribution in [0.2, 0.25) is 0 Å². The molecular formula is C12H20N2O3. The normalized spacial score (nSPS) is 51.5. The molecule has 0 saturated heterocycles. The molecule has 4 rings (SSSR count). The number of hydrogen-bond donors (Lipinski definition) is 1. The molecule has 5 heteroatoms. The third kappa shape index (κ3) is 1.63. The molecule has 0 aromatic carbocycles. The molecule has 4 saturated carbocycles. The van der Waals surface area contributed by atoms with Gasteiger partial charge >= 0.3 is 0 Å². The van der Waals surface area contributed by atoms with Crippen LogP contribution in [0, 0.1) is 21.4 Å². The minimum Gasteiger partial charge on any atom is -0.325 e. The summed E-state index contributed by atoms with van der Waals surface area (Å²) in [6.45, 7) is 2.18. The van der Waals surface area contributed by atoms with Crippen LogP contribution in [-0.4, -0.2) is 16.2 Å². The Labute approximate surface area is 101 Å². The van der Waals surface area contributed by atoms with Gasteiger partial charge in [0, 0.05) is 5.54 Å². The second-order valence-electron chi connectivity index (χ2n) is 6.72. The average molecular weight is 240 g/mol. The van der Waals surface area contributed by atoms with Crippen molar-refractivity contribution in [3.8, 4) is 0 Å². The van der Waals surface area contributed by atoms with E-state index in [2.05, 4.69) is 6.92 Å². The van der Waals surface area contributed by atoms with Gasteiger partial charge < -0.3 is 10.6 Å². The lowest BCUT2D eigenvalue weighted by molar-refractivity contribution is -0.785. The second kappa shape index (κ2) is 3.13. The third-order valence-electron chi connectivity index (χ3n) is 5.19. The highest BCUT2D eigenvalue weighted by molar-refractivity contribution is 5.16. The molecule has 96 valence electrons. The van der Waals surface area contributed by atoms with Crippen molar-refractivity contribution in [2.75, 3.05) is 0 Å². The van der Waals surface area contributed by atoms with Gasteiger partial charge in [0.2, 0.25) is 0 Å². The SMILES string of the molecule is CCC12CC3CC(N)(C1)CC(O[N+](=O)[O-])(C3)C2. The molecule has 0 heterocycles. The van der Waals surface area contributed by atoms with Gasteiger partial charge in [-0.2, -0.15) is 0 Å². The van der Waals surface area contributed by atoms with Gasteiger partial charge in [0.15, 0.2) is 0 Å². The summed E-state index contributed by atoms with van der Waals surface area (Å²) in [6, 6.07) is 0. The fourth-order valence-corrected chi connectivity index (χ4v) is 5.28. The molecule has 4 bridgehead atoms. The van der Waals surface area contributed by atoms with E-state index in [1.807, 2.05) is 0 Å². The predicted molar refractivity (Wildman–Crippen MR) is 61.6 cm³/mol. The maximum Gasteiger partial charge on any atom is 0.295 e. The summed E-state index contributed by atoms with van der Waals surface area (Å²) in [7, 11) is 0. The number of hydrogen-bond acceptors (Lipinski definition) is 4. The Kier molecular flexibility index (Phi) is 2.07. The van der Waals surface area contributed by atoms with Gasteiger partial charge in [-0.25, -0.2) is 0 Å². The Balaban J connectivity index is 1.95. The standard InChI is InChI=1S/C12H20N2O3/c1-2-10-3-9-4-11(13,6-10)8-12(5-9,7-10)17-14(15)16/h9H,2-8,13H2,1H3. The van der Waals surface area contributed by atoms with Crippen molar-refractivity contribution >= 4 is 0 Å². The molecule has 0 aromatic rings. The van der Waals surface area contributed by atoms with Gasteiger partial charge in [-0.15, -0.1) is 10.1 Å². The lowest BCUT2D eigenvalue weighted by Crippen LogP contribution is -2.67. The summed E-state index contributed by atoms with van der Waals surface area (Å²) in [6.07, 6.45) is 6.62. The van der Waals surface area contributed by atoms with Crippen LogP contribution in [-0.2, 0) is 4.84 Å². The first-order chi connectivity index (χ1) is 7.88. The molecule has 4 unspecified atom stereocenters. The Morgan fingerprint density at radius 1 is 1.35 bits per heavy atom. The maximum absolute atomic E-state index is 10.7. The minimum absolute atomic E-state index is 0.199. The smallest absolute Gasteiger partial charge is 0.295 e. The maximum atomic E-state index is 10.7. The van der Waals surface area contributed by atoms with Crippen LogP contribution in [0.5, 0.6) is 0 Å². The van der Waals surface area contributed by atoms with Gasteiger partial charge in [0.05, 0.1) is 0 Å². The summed E-state index contributed by atoms with van der Waals surface area (Å²) in [4.78, 5) is 15.8. The molecule has 0 radical (unpaired) electrons. The largest absolute Gasteiger partial charge is 0.325 e. The molecule has 0 spiro atoms. The van der Waals surface area contributed by atoms with E-state index in [9.17, 15) is 10.1 Å². The van der Waals surface area contributed by atoms with E-state index in [-0.39, 0.29) is 11.0 Å². The predicted octanol–water partition coefficient (Wildman–Crippen LogP) is 2.02. The highest BCUT2D eigenvalue weighted by Gasteiger charge is 2.63. The van der Waals surface area contributed by atoms with Crippen LogP contribution in [0.4, 0.5) is 0 Å². The third-order valence-corrected chi connectivity index (χ3v) is 5.19. The highest BCUT2D eigenvalue weighted by atomic mass is 17.0. The fourth-order valence-electron chi connectivity index (χ4n) is 5.28. The summed E-state index contributed by atoms with van der Waals surface area (Å²) in [5.41, 5.74) is 5.85. The van der Waals surface area contributed by atoms with Crippen LogP contribution in [0.25, 0.3) is 0 Å². The zero-order valence-electron chi connectivity index (χ0n) is 10.3. The quantitative estimate of drug-likeness (QED) is 0.604. The van der Waals surface area contributed by atoms with Gasteiger partial charge in [-0.05, 0) is 49.9 Å². The topological polar surface area (TPSA) is 78.4 Å². The van der Waals surface area contributed by atoms with Crippen molar-refractivity contribution in [3.05, 3.63) is 10.1 Å². The van der Waals surface area contributed by atoms with Crippen LogP contribution in [0.15, 0.2) is 0 Å². The van der Waals surface area contributed by atoms with Crippen molar-refractivity contribution in [2.24, 2.45) is 17.1 Å². The van der Waals surface area contributed by atoms with Crippen molar-refractivity contribution in [1.29, 1.82) is 0 Å². The van der Waals surface area contributed by atoms with E-state index in [0.29, 0.717) is 12.3 Å². The van der Waals surface area contributed by atoms with E-state index in [1.54, 1.807) is 0 Å². The van der Waals surface area contributed by atoms with Crippen molar-refractivity contribution in [3.63, 3.8) is 0 Å². The van der Waals surface area contributed by atoms with Crippen LogP contribution < -0.4 is 5.73 Å². The summed E-state index contributed by atoms with van der Waals surface area (Å²) < 4.78 is 0. The molecule has 17 heavy (non-hydrogen) atoms. The number of nitrogens with zero attached hydrogens (tertiary/aromatic N) is 1. The average Bonchev–Trinajstić information content (AvgIpc) is 2.11. The molecule has 2 N–H and O–H groups in total. The molecule has 0 amide bonds. The van der Waals surface area contributed by atoms with Gasteiger partial charge in [0.25, 0.3) is 5.09 Å². The Bertz CT molecular complexity index is 375. The van der Waals surface area contributed by atoms with Crippen LogP contribution in [0.3, 0.4) is 0 Å². The first kappa shape index (κ1) is 11.3. The molecule has 4 atom stereocenters. The molecular weight excluding hydrogens is 220 g/mol. The van der Waals surface area contributed by atoms with Gasteiger partial charge in [-0.3, -0.25) is 0 Å². The van der Waals surface area contributed by atoms with Gasteiger partial charge in [0.1, 0.15) is 5.60 Å². The summed E-state index contributed by atoms with van der Waals surface area (Å²) in [5, 5.41) is 10.1. The van der Waals surface area contributed by atoms with Crippen molar-refractivity contribution in [1.82, 2.24) is 0 Å². The van der Waals surface area contributed by atoms with E-state index < -0.39 is 10.7 Å². The van der Waals surface area contributed by atoms with Crippen LogP contribution >= 0.6 is 0 Å². The van der Waals surface area contributed by atoms with E-state index >= 15 is 0 Å². The summed E-state index contributed by atoms with van der Waals surface area (Å²) in [5.74, 6) is 0.524. The molecule has 5 nitrogen and oxygen atoms in total. The van der Waals surface area contributed by atoms with Gasteiger partial charge in [-0.1, -0.05) is 13.3 Å². The molecule has 4 aliphatic rings. The zero-order valence-corrected chi connectivity index (χ0v) is 10.3. The molecule has 0 aromatic heterocycles. The highest BCUT2D eigenvalue weighted by Crippen LogP contribution is 2.64. The molecule has 4 aliphatic carbocycles. The lowest BCUT2D eigenvalue weighted by atomic mass is 9.45. The van der Waals surface area contributed by atoms with Crippen LogP contribution in [0.1, 0.15) is 51.9 Å². The van der Waals surface area contributed by atoms with Crippen molar-refractivity contribution < 1.29 is 9.92 Å². The Hall–Kier alpha value is -0.840. The second-order valence-corrected chi connectivity index (χ2v) is 6.72. The lowest BCUT2D eigenvalue weighted by Gasteiger charge is -2.64. The first-order valence-corrected chi connectivity index (χ1v) is 6.51. The minimum atomic E-state index is -0.611. The van der Waals surface area contributed by atoms with E-state index in [1.165, 1.54) is 6.42 Å². The Morgan fingerprint density at radius 3 is 2.71 bits per heavy atom. The first-order valence-electron chi connectivity index (χ1n) is 6.51. The zero-order chi connectivity index (χ0) is 12.3. The molecule has 4 fully saturated rings. The summed E-state index contributed by atoms with van der Waals surface area (Å²) >= 11 is 0. The van der Waals surface area contributed by atoms with Crippen molar-refractivity contribution in [2.45, 2.75) is 63.0 Å². The fraction of sp³-hybridized carbons (Fsp3) is 1.00.